The normalized spacial score (nSPS) is 14.5. The second-order valence-corrected chi connectivity index (χ2v) is 6.97. The monoisotopic (exact) mass is 381 g/mol. The van der Waals surface area contributed by atoms with Crippen LogP contribution in [0.15, 0.2) is 48.5 Å². The lowest BCUT2D eigenvalue weighted by molar-refractivity contribution is 0.0690. The molecule has 0 saturated carbocycles. The zero-order valence-corrected chi connectivity index (χ0v) is 15.4. The quantitative estimate of drug-likeness (QED) is 0.739. The fourth-order valence-corrected chi connectivity index (χ4v) is 3.61. The lowest BCUT2D eigenvalue weighted by atomic mass is 9.88. The zero-order chi connectivity index (χ0) is 20.1. The molecular formula is C21H23N3O4. The van der Waals surface area contributed by atoms with Crippen LogP contribution in [0.4, 0.5) is 10.5 Å². The van der Waals surface area contributed by atoms with E-state index < -0.39 is 12.0 Å². The van der Waals surface area contributed by atoms with Crippen molar-refractivity contribution in [2.75, 3.05) is 18.4 Å². The van der Waals surface area contributed by atoms with Crippen LogP contribution in [0, 0.1) is 5.92 Å². The van der Waals surface area contributed by atoms with Crippen LogP contribution >= 0.6 is 0 Å². The van der Waals surface area contributed by atoms with E-state index in [1.165, 1.54) is 0 Å². The summed E-state index contributed by atoms with van der Waals surface area (Å²) in [5.41, 5.74) is 7.29. The molecule has 1 saturated heterocycles. The summed E-state index contributed by atoms with van der Waals surface area (Å²) in [6, 6.07) is 13.1. The number of rotatable bonds is 5. The number of nitrogens with one attached hydrogen (secondary N) is 1. The van der Waals surface area contributed by atoms with Gasteiger partial charge in [-0.2, -0.15) is 0 Å². The number of amides is 3. The molecule has 1 fully saturated rings. The Hall–Kier alpha value is -3.35. The van der Waals surface area contributed by atoms with E-state index >= 15 is 0 Å². The molecule has 0 atom stereocenters. The number of carbonyl (C=O) groups is 3. The van der Waals surface area contributed by atoms with Crippen molar-refractivity contribution < 1.29 is 19.5 Å². The molecule has 1 heterocycles. The van der Waals surface area contributed by atoms with Gasteiger partial charge in [0.2, 0.25) is 0 Å². The number of urea groups is 1. The van der Waals surface area contributed by atoms with Gasteiger partial charge in [-0.15, -0.1) is 0 Å². The van der Waals surface area contributed by atoms with E-state index in [2.05, 4.69) is 5.32 Å². The number of hydrogen-bond donors (Lipinski definition) is 3. The molecule has 7 nitrogen and oxygen atoms in total. The van der Waals surface area contributed by atoms with Crippen LogP contribution in [0.1, 0.15) is 39.1 Å². The van der Waals surface area contributed by atoms with Crippen molar-refractivity contribution in [3.05, 3.63) is 65.2 Å². The molecule has 0 aromatic heterocycles. The number of benzene rings is 2. The number of piperidine rings is 1. The first-order valence-electron chi connectivity index (χ1n) is 9.21. The van der Waals surface area contributed by atoms with Crippen LogP contribution in [0.2, 0.25) is 0 Å². The molecule has 2 aromatic carbocycles. The van der Waals surface area contributed by atoms with Gasteiger partial charge in [-0.05, 0) is 55.0 Å². The second-order valence-electron chi connectivity index (χ2n) is 6.97. The molecule has 146 valence electrons. The van der Waals surface area contributed by atoms with Gasteiger partial charge >= 0.3 is 12.0 Å². The Morgan fingerprint density at radius 3 is 2.46 bits per heavy atom. The van der Waals surface area contributed by atoms with E-state index in [9.17, 15) is 19.5 Å². The SMILES string of the molecule is NC(=O)Nc1cccc(C(=O)N2CCC(Cc3ccccc3C(=O)O)CC2)c1. The van der Waals surface area contributed by atoms with E-state index in [1.807, 2.05) is 12.1 Å². The fraction of sp³-hybridized carbons (Fsp3) is 0.286. The summed E-state index contributed by atoms with van der Waals surface area (Å²) >= 11 is 0. The lowest BCUT2D eigenvalue weighted by Crippen LogP contribution is -2.39. The third kappa shape index (κ3) is 4.68. The van der Waals surface area contributed by atoms with Crippen LogP contribution in [-0.2, 0) is 6.42 Å². The van der Waals surface area contributed by atoms with Gasteiger partial charge in [0.15, 0.2) is 0 Å². The van der Waals surface area contributed by atoms with Crippen molar-refractivity contribution in [3.63, 3.8) is 0 Å². The molecule has 1 aliphatic heterocycles. The van der Waals surface area contributed by atoms with Crippen molar-refractivity contribution >= 4 is 23.6 Å². The Bertz CT molecular complexity index is 889. The summed E-state index contributed by atoms with van der Waals surface area (Å²) in [4.78, 5) is 36.9. The molecule has 3 rings (SSSR count). The predicted octanol–water partition coefficient (Wildman–Crippen LogP) is 2.97. The molecule has 28 heavy (non-hydrogen) atoms. The molecular weight excluding hydrogens is 358 g/mol. The first kappa shape index (κ1) is 19.4. The Labute approximate surface area is 163 Å². The number of primary amides is 1. The number of likely N-dealkylation sites (tertiary alicyclic amines) is 1. The number of carbonyl (C=O) groups excluding carboxylic acids is 2. The molecule has 0 spiro atoms. The number of nitrogens with two attached hydrogens (primary N) is 1. The maximum absolute atomic E-state index is 12.8. The highest BCUT2D eigenvalue weighted by atomic mass is 16.4. The van der Waals surface area contributed by atoms with Crippen molar-refractivity contribution in [3.8, 4) is 0 Å². The standard InChI is InChI=1S/C21H23N3O4/c22-21(28)23-17-6-3-5-16(13-17)19(25)24-10-8-14(9-11-24)12-15-4-1-2-7-18(15)20(26)27/h1-7,13-14H,8-12H2,(H,26,27)(H3,22,23,28). The van der Waals surface area contributed by atoms with Gasteiger partial charge in [-0.3, -0.25) is 4.79 Å². The number of aromatic carboxylic acids is 1. The number of carboxylic acids is 1. The maximum atomic E-state index is 12.8. The van der Waals surface area contributed by atoms with Gasteiger partial charge in [0.25, 0.3) is 5.91 Å². The van der Waals surface area contributed by atoms with Gasteiger partial charge in [0.1, 0.15) is 0 Å². The Balaban J connectivity index is 1.60. The molecule has 3 amide bonds. The molecule has 4 N–H and O–H groups in total. The van der Waals surface area contributed by atoms with Crippen LogP contribution in [0.25, 0.3) is 0 Å². The minimum absolute atomic E-state index is 0.0856. The molecule has 2 aromatic rings. The van der Waals surface area contributed by atoms with Crippen molar-refractivity contribution in [2.24, 2.45) is 11.7 Å². The Morgan fingerprint density at radius 1 is 1.07 bits per heavy atom. The first-order valence-corrected chi connectivity index (χ1v) is 9.21. The lowest BCUT2D eigenvalue weighted by Gasteiger charge is -2.32. The van der Waals surface area contributed by atoms with Gasteiger partial charge in [-0.25, -0.2) is 9.59 Å². The third-order valence-electron chi connectivity index (χ3n) is 5.04. The van der Waals surface area contributed by atoms with Crippen molar-refractivity contribution in [1.82, 2.24) is 4.90 Å². The Kier molecular flexibility index (Phi) is 5.93. The average Bonchev–Trinajstić information content (AvgIpc) is 2.68. The zero-order valence-electron chi connectivity index (χ0n) is 15.4. The summed E-state index contributed by atoms with van der Waals surface area (Å²) in [5.74, 6) is -0.655. The number of nitrogens with zero attached hydrogens (tertiary/aromatic N) is 1. The fourth-order valence-electron chi connectivity index (χ4n) is 3.61. The van der Waals surface area contributed by atoms with E-state index in [-0.39, 0.29) is 5.91 Å². The van der Waals surface area contributed by atoms with E-state index in [0.29, 0.717) is 42.2 Å². The highest BCUT2D eigenvalue weighted by Crippen LogP contribution is 2.25. The first-order chi connectivity index (χ1) is 13.4. The highest BCUT2D eigenvalue weighted by Gasteiger charge is 2.25. The third-order valence-corrected chi connectivity index (χ3v) is 5.04. The van der Waals surface area contributed by atoms with Crippen molar-refractivity contribution in [2.45, 2.75) is 19.3 Å². The summed E-state index contributed by atoms with van der Waals surface area (Å²) in [6.07, 6.45) is 2.33. The molecule has 0 aliphatic carbocycles. The second kappa shape index (κ2) is 8.56. The number of hydrogen-bond acceptors (Lipinski definition) is 3. The summed E-state index contributed by atoms with van der Waals surface area (Å²) in [7, 11) is 0. The van der Waals surface area contributed by atoms with Gasteiger partial charge in [0.05, 0.1) is 5.56 Å². The molecule has 0 radical (unpaired) electrons. The largest absolute Gasteiger partial charge is 0.478 e. The smallest absolute Gasteiger partial charge is 0.335 e. The van der Waals surface area contributed by atoms with Gasteiger partial charge < -0.3 is 21.1 Å². The van der Waals surface area contributed by atoms with Gasteiger partial charge in [0, 0.05) is 24.3 Å². The van der Waals surface area contributed by atoms with Crippen molar-refractivity contribution in [1.29, 1.82) is 0 Å². The number of anilines is 1. The maximum Gasteiger partial charge on any atom is 0.335 e. The molecule has 1 aliphatic rings. The number of carboxylic acid groups (broad SMARTS) is 1. The molecule has 7 heteroatoms. The van der Waals surface area contributed by atoms with Crippen LogP contribution in [0.3, 0.4) is 0 Å². The van der Waals surface area contributed by atoms with Crippen LogP contribution < -0.4 is 11.1 Å². The topological polar surface area (TPSA) is 113 Å². The predicted molar refractivity (Wildman–Crippen MR) is 105 cm³/mol. The summed E-state index contributed by atoms with van der Waals surface area (Å²) in [6.45, 7) is 1.23. The summed E-state index contributed by atoms with van der Waals surface area (Å²) in [5, 5.41) is 11.8. The summed E-state index contributed by atoms with van der Waals surface area (Å²) < 4.78 is 0. The molecule has 0 unspecified atom stereocenters. The Morgan fingerprint density at radius 2 is 1.79 bits per heavy atom. The van der Waals surface area contributed by atoms with E-state index in [4.69, 9.17) is 5.73 Å². The average molecular weight is 381 g/mol. The minimum atomic E-state index is -0.910. The van der Waals surface area contributed by atoms with Gasteiger partial charge in [-0.1, -0.05) is 24.3 Å². The van der Waals surface area contributed by atoms with Crippen LogP contribution in [0.5, 0.6) is 0 Å². The minimum Gasteiger partial charge on any atom is -0.478 e. The van der Waals surface area contributed by atoms with Crippen LogP contribution in [-0.4, -0.2) is 41.0 Å². The van der Waals surface area contributed by atoms with E-state index in [0.717, 1.165) is 18.4 Å². The molecule has 0 bridgehead atoms. The highest BCUT2D eigenvalue weighted by molar-refractivity contribution is 5.96. The van der Waals surface area contributed by atoms with E-state index in [1.54, 1.807) is 41.3 Å².